The van der Waals surface area contributed by atoms with Gasteiger partial charge in [-0.25, -0.2) is 0 Å². The number of rotatable bonds is 3. The molecule has 0 spiro atoms. The molecule has 0 fully saturated rings. The fourth-order valence-corrected chi connectivity index (χ4v) is 2.30. The predicted molar refractivity (Wildman–Crippen MR) is 62.4 cm³/mol. The zero-order chi connectivity index (χ0) is 13.2. The van der Waals surface area contributed by atoms with E-state index >= 15 is 0 Å². The van der Waals surface area contributed by atoms with E-state index in [1.165, 1.54) is 7.05 Å². The van der Waals surface area contributed by atoms with Gasteiger partial charge in [0.15, 0.2) is 0 Å². The highest BCUT2D eigenvalue weighted by Crippen LogP contribution is 2.34. The first-order chi connectivity index (χ1) is 8.52. The number of halogens is 3. The molecule has 1 aromatic carbocycles. The van der Waals surface area contributed by atoms with Crippen molar-refractivity contribution in [3.63, 3.8) is 0 Å². The third-order valence-electron chi connectivity index (χ3n) is 3.29. The number of ether oxygens (including phenoxy) is 1. The van der Waals surface area contributed by atoms with Gasteiger partial charge in [-0.1, -0.05) is 24.3 Å². The molecule has 0 bridgehead atoms. The Morgan fingerprint density at radius 3 is 2.78 bits per heavy atom. The Kier molecular flexibility index (Phi) is 3.92. The first kappa shape index (κ1) is 13.4. The van der Waals surface area contributed by atoms with Crippen LogP contribution in [0.15, 0.2) is 24.3 Å². The molecular formula is C13H16F3NO. The van der Waals surface area contributed by atoms with E-state index < -0.39 is 18.3 Å². The van der Waals surface area contributed by atoms with Crippen LogP contribution in [0.5, 0.6) is 0 Å². The Morgan fingerprint density at radius 1 is 1.39 bits per heavy atom. The summed E-state index contributed by atoms with van der Waals surface area (Å²) in [7, 11) is 1.33. The van der Waals surface area contributed by atoms with E-state index in [-0.39, 0.29) is 6.42 Å². The van der Waals surface area contributed by atoms with Gasteiger partial charge in [-0.15, -0.1) is 0 Å². The van der Waals surface area contributed by atoms with Crippen LogP contribution in [0.1, 0.15) is 23.7 Å². The second-order valence-corrected chi connectivity index (χ2v) is 4.43. The Labute approximate surface area is 104 Å². The lowest BCUT2D eigenvalue weighted by Gasteiger charge is -2.30. The largest absolute Gasteiger partial charge is 0.403 e. The first-order valence-corrected chi connectivity index (χ1v) is 5.95. The molecule has 2 atom stereocenters. The summed E-state index contributed by atoms with van der Waals surface area (Å²) in [5.74, 6) is 0. The maximum Gasteiger partial charge on any atom is 0.403 e. The normalized spacial score (nSPS) is 21.4. The summed E-state index contributed by atoms with van der Waals surface area (Å²) in [6.07, 6.45) is -4.04. The second kappa shape index (κ2) is 5.28. The van der Waals surface area contributed by atoms with Crippen molar-refractivity contribution in [2.45, 2.75) is 31.2 Å². The van der Waals surface area contributed by atoms with Crippen molar-refractivity contribution in [3.8, 4) is 0 Å². The van der Waals surface area contributed by atoms with E-state index in [4.69, 9.17) is 4.74 Å². The maximum absolute atomic E-state index is 12.7. The number of hydrogen-bond donors (Lipinski definition) is 1. The van der Waals surface area contributed by atoms with Gasteiger partial charge in [0, 0.05) is 6.42 Å². The van der Waals surface area contributed by atoms with E-state index in [1.54, 1.807) is 0 Å². The van der Waals surface area contributed by atoms with Crippen molar-refractivity contribution in [1.29, 1.82) is 0 Å². The standard InChI is InChI=1S/C13H16F3NO/c1-17-12(13(14,15)16)8-11-10-5-3-2-4-9(10)6-7-18-11/h2-5,11-12,17H,6-8H2,1H3. The lowest BCUT2D eigenvalue weighted by Crippen LogP contribution is -2.42. The molecule has 100 valence electrons. The first-order valence-electron chi connectivity index (χ1n) is 5.95. The van der Waals surface area contributed by atoms with Gasteiger partial charge < -0.3 is 10.1 Å². The van der Waals surface area contributed by atoms with Crippen LogP contribution in [-0.2, 0) is 11.2 Å². The highest BCUT2D eigenvalue weighted by atomic mass is 19.4. The fourth-order valence-electron chi connectivity index (χ4n) is 2.30. The van der Waals surface area contributed by atoms with Gasteiger partial charge in [-0.2, -0.15) is 13.2 Å². The average Bonchev–Trinajstić information content (AvgIpc) is 2.34. The third kappa shape index (κ3) is 2.84. The number of hydrogen-bond acceptors (Lipinski definition) is 2. The van der Waals surface area contributed by atoms with Crippen molar-refractivity contribution in [3.05, 3.63) is 35.4 Å². The lowest BCUT2D eigenvalue weighted by molar-refractivity contribution is -0.163. The quantitative estimate of drug-likeness (QED) is 0.901. The van der Waals surface area contributed by atoms with Crippen LogP contribution in [0, 0.1) is 0 Å². The summed E-state index contributed by atoms with van der Waals surface area (Å²) in [6, 6.07) is 6.01. The molecule has 0 aromatic heterocycles. The summed E-state index contributed by atoms with van der Waals surface area (Å²) in [5, 5.41) is 2.32. The molecule has 2 nitrogen and oxygen atoms in total. The predicted octanol–water partition coefficient (Wildman–Crippen LogP) is 2.84. The topological polar surface area (TPSA) is 21.3 Å². The third-order valence-corrected chi connectivity index (χ3v) is 3.29. The van der Waals surface area contributed by atoms with Gasteiger partial charge in [-0.05, 0) is 24.6 Å². The molecule has 5 heteroatoms. The van der Waals surface area contributed by atoms with E-state index in [1.807, 2.05) is 24.3 Å². The van der Waals surface area contributed by atoms with Crippen molar-refractivity contribution in [2.75, 3.05) is 13.7 Å². The summed E-state index contributed by atoms with van der Waals surface area (Å²) in [4.78, 5) is 0. The minimum absolute atomic E-state index is 0.0863. The highest BCUT2D eigenvalue weighted by molar-refractivity contribution is 5.31. The molecular weight excluding hydrogens is 243 g/mol. The van der Waals surface area contributed by atoms with Crippen LogP contribution >= 0.6 is 0 Å². The number of alkyl halides is 3. The molecule has 0 aliphatic carbocycles. The molecule has 2 unspecified atom stereocenters. The van der Waals surface area contributed by atoms with Gasteiger partial charge in [0.05, 0.1) is 12.7 Å². The summed E-state index contributed by atoms with van der Waals surface area (Å²) in [6.45, 7) is 0.482. The Hall–Kier alpha value is -1.07. The molecule has 0 amide bonds. The molecule has 1 N–H and O–H groups in total. The van der Waals surface area contributed by atoms with Gasteiger partial charge in [0.1, 0.15) is 6.04 Å². The van der Waals surface area contributed by atoms with Crippen LogP contribution < -0.4 is 5.32 Å². The van der Waals surface area contributed by atoms with Crippen LogP contribution in [0.25, 0.3) is 0 Å². The Morgan fingerprint density at radius 2 is 2.11 bits per heavy atom. The van der Waals surface area contributed by atoms with Crippen molar-refractivity contribution >= 4 is 0 Å². The maximum atomic E-state index is 12.7. The van der Waals surface area contributed by atoms with E-state index in [0.717, 1.165) is 17.5 Å². The minimum atomic E-state index is -4.25. The van der Waals surface area contributed by atoms with Crippen LogP contribution in [0.2, 0.25) is 0 Å². The molecule has 1 heterocycles. The fraction of sp³-hybridized carbons (Fsp3) is 0.538. The average molecular weight is 259 g/mol. The Bertz CT molecular complexity index is 405. The molecule has 1 aliphatic heterocycles. The minimum Gasteiger partial charge on any atom is -0.373 e. The Balaban J connectivity index is 2.16. The monoisotopic (exact) mass is 259 g/mol. The SMILES string of the molecule is CNC(CC1OCCc2ccccc21)C(F)(F)F. The smallest absolute Gasteiger partial charge is 0.373 e. The zero-order valence-electron chi connectivity index (χ0n) is 10.1. The highest BCUT2D eigenvalue weighted by Gasteiger charge is 2.40. The molecule has 0 saturated carbocycles. The van der Waals surface area contributed by atoms with Gasteiger partial charge in [0.2, 0.25) is 0 Å². The number of fused-ring (bicyclic) bond motifs is 1. The summed E-state index contributed by atoms with van der Waals surface area (Å²) in [5.41, 5.74) is 1.97. The summed E-state index contributed by atoms with van der Waals surface area (Å²) >= 11 is 0. The van der Waals surface area contributed by atoms with Crippen LogP contribution in [0.3, 0.4) is 0 Å². The molecule has 1 aliphatic rings. The molecule has 0 radical (unpaired) electrons. The molecule has 0 saturated heterocycles. The van der Waals surface area contributed by atoms with Gasteiger partial charge in [0.25, 0.3) is 0 Å². The zero-order valence-corrected chi connectivity index (χ0v) is 10.1. The van der Waals surface area contributed by atoms with Gasteiger partial charge in [-0.3, -0.25) is 0 Å². The summed E-state index contributed by atoms with van der Waals surface area (Å²) < 4.78 is 43.7. The van der Waals surface area contributed by atoms with Crippen molar-refractivity contribution < 1.29 is 17.9 Å². The van der Waals surface area contributed by atoms with Crippen molar-refractivity contribution in [1.82, 2.24) is 5.32 Å². The van der Waals surface area contributed by atoms with Crippen LogP contribution in [0.4, 0.5) is 13.2 Å². The van der Waals surface area contributed by atoms with Crippen molar-refractivity contribution in [2.24, 2.45) is 0 Å². The molecule has 18 heavy (non-hydrogen) atoms. The lowest BCUT2D eigenvalue weighted by atomic mass is 9.93. The molecule has 1 aromatic rings. The van der Waals surface area contributed by atoms with E-state index in [9.17, 15) is 13.2 Å². The van der Waals surface area contributed by atoms with Crippen LogP contribution in [-0.4, -0.2) is 25.9 Å². The molecule has 2 rings (SSSR count). The number of benzene rings is 1. The van der Waals surface area contributed by atoms with Gasteiger partial charge >= 0.3 is 6.18 Å². The number of nitrogens with one attached hydrogen (secondary N) is 1. The second-order valence-electron chi connectivity index (χ2n) is 4.43. The van der Waals surface area contributed by atoms with E-state index in [2.05, 4.69) is 5.32 Å². The van der Waals surface area contributed by atoms with E-state index in [0.29, 0.717) is 6.61 Å².